The van der Waals surface area contributed by atoms with Crippen molar-refractivity contribution >= 4 is 11.3 Å². The van der Waals surface area contributed by atoms with Crippen LogP contribution in [-0.4, -0.2) is 24.9 Å². The molecular formula is C7H8N4O2S. The number of aromatic amines is 1. The van der Waals surface area contributed by atoms with E-state index in [4.69, 9.17) is 5.11 Å². The van der Waals surface area contributed by atoms with Crippen LogP contribution in [0.25, 0.3) is 0 Å². The van der Waals surface area contributed by atoms with E-state index in [-0.39, 0.29) is 11.5 Å². The fraction of sp³-hybridized carbons (Fsp3) is 0.286. The van der Waals surface area contributed by atoms with E-state index < -0.39 is 0 Å². The Kier molecular flexibility index (Phi) is 2.42. The predicted octanol–water partition coefficient (Wildman–Crippen LogP) is -0.432. The van der Waals surface area contributed by atoms with Crippen molar-refractivity contribution in [3.63, 3.8) is 0 Å². The second-order valence-electron chi connectivity index (χ2n) is 2.71. The van der Waals surface area contributed by atoms with Gasteiger partial charge < -0.3 is 14.7 Å². The largest absolute Gasteiger partial charge is 0.388 e. The zero-order valence-corrected chi connectivity index (χ0v) is 7.99. The summed E-state index contributed by atoms with van der Waals surface area (Å²) in [6, 6.07) is 0. The molecule has 74 valence electrons. The molecule has 0 fully saturated rings. The molecular weight excluding hydrogens is 204 g/mol. The monoisotopic (exact) mass is 212 g/mol. The fourth-order valence-corrected chi connectivity index (χ4v) is 1.68. The molecule has 2 N–H and O–H groups in total. The van der Waals surface area contributed by atoms with Crippen LogP contribution in [0.5, 0.6) is 0 Å². The highest BCUT2D eigenvalue weighted by Crippen LogP contribution is 2.02. The summed E-state index contributed by atoms with van der Waals surface area (Å²) in [6.07, 6.45) is 1.52. The SMILES string of the molecule is O=c1[nH]c(Cn2cnnc2CO)cs1. The van der Waals surface area contributed by atoms with Crippen LogP contribution < -0.4 is 4.87 Å². The van der Waals surface area contributed by atoms with Gasteiger partial charge in [0.1, 0.15) is 12.9 Å². The Morgan fingerprint density at radius 2 is 2.50 bits per heavy atom. The van der Waals surface area contributed by atoms with Crippen LogP contribution in [0.15, 0.2) is 16.5 Å². The number of hydrogen-bond acceptors (Lipinski definition) is 5. The van der Waals surface area contributed by atoms with Gasteiger partial charge in [0.05, 0.1) is 6.54 Å². The molecule has 2 rings (SSSR count). The minimum absolute atomic E-state index is 0.0846. The molecule has 0 atom stereocenters. The van der Waals surface area contributed by atoms with Crippen LogP contribution in [0.4, 0.5) is 0 Å². The Hall–Kier alpha value is -1.47. The predicted molar refractivity (Wildman–Crippen MR) is 50.0 cm³/mol. The topological polar surface area (TPSA) is 83.8 Å². The summed E-state index contributed by atoms with van der Waals surface area (Å²) in [5.41, 5.74) is 0.787. The molecule has 0 aliphatic heterocycles. The molecule has 7 heteroatoms. The summed E-state index contributed by atoms with van der Waals surface area (Å²) in [5.74, 6) is 0.483. The van der Waals surface area contributed by atoms with Gasteiger partial charge in [-0.2, -0.15) is 0 Å². The van der Waals surface area contributed by atoms with Gasteiger partial charge in [-0.1, -0.05) is 11.3 Å². The number of aliphatic hydroxyl groups is 1. The number of H-pyrrole nitrogens is 1. The molecule has 2 aromatic heterocycles. The number of nitrogens with zero attached hydrogens (tertiary/aromatic N) is 3. The average Bonchev–Trinajstić information content (AvgIpc) is 2.76. The molecule has 0 aliphatic carbocycles. The lowest BCUT2D eigenvalue weighted by Gasteiger charge is -2.01. The number of hydrogen-bond donors (Lipinski definition) is 2. The Morgan fingerprint density at radius 3 is 3.14 bits per heavy atom. The maximum atomic E-state index is 10.8. The van der Waals surface area contributed by atoms with Crippen LogP contribution >= 0.6 is 11.3 Å². The average molecular weight is 212 g/mol. The van der Waals surface area contributed by atoms with Crippen LogP contribution in [-0.2, 0) is 13.2 Å². The summed E-state index contributed by atoms with van der Waals surface area (Å²) < 4.78 is 1.68. The lowest BCUT2D eigenvalue weighted by atomic mass is 10.4. The van der Waals surface area contributed by atoms with Gasteiger partial charge >= 0.3 is 4.87 Å². The summed E-state index contributed by atoms with van der Waals surface area (Å²) in [4.78, 5) is 13.4. The third kappa shape index (κ3) is 1.73. The molecule has 6 nitrogen and oxygen atoms in total. The first kappa shape index (κ1) is 9.10. The highest BCUT2D eigenvalue weighted by Gasteiger charge is 2.04. The number of aliphatic hydroxyl groups excluding tert-OH is 1. The lowest BCUT2D eigenvalue weighted by Crippen LogP contribution is -2.06. The van der Waals surface area contributed by atoms with Crippen molar-refractivity contribution in [1.29, 1.82) is 0 Å². The minimum atomic E-state index is -0.158. The van der Waals surface area contributed by atoms with Crippen LogP contribution in [0.3, 0.4) is 0 Å². The summed E-state index contributed by atoms with van der Waals surface area (Å²) in [5, 5.41) is 18.0. The van der Waals surface area contributed by atoms with Crippen LogP contribution in [0.1, 0.15) is 11.5 Å². The molecule has 0 unspecified atom stereocenters. The van der Waals surface area contributed by atoms with Gasteiger partial charge in [-0.05, 0) is 0 Å². The van der Waals surface area contributed by atoms with Crippen molar-refractivity contribution in [2.75, 3.05) is 0 Å². The summed E-state index contributed by atoms with van der Waals surface area (Å²) >= 11 is 1.11. The Balaban J connectivity index is 2.22. The first-order valence-electron chi connectivity index (χ1n) is 3.94. The fourth-order valence-electron chi connectivity index (χ4n) is 1.11. The second-order valence-corrected chi connectivity index (χ2v) is 3.55. The van der Waals surface area contributed by atoms with Gasteiger partial charge in [-0.15, -0.1) is 10.2 Å². The Morgan fingerprint density at radius 1 is 1.64 bits per heavy atom. The Labute approximate surface area is 82.9 Å². The van der Waals surface area contributed by atoms with Crippen molar-refractivity contribution in [3.05, 3.63) is 32.9 Å². The maximum Gasteiger partial charge on any atom is 0.304 e. The molecule has 0 spiro atoms. The van der Waals surface area contributed by atoms with Crippen LogP contribution in [0, 0.1) is 0 Å². The van der Waals surface area contributed by atoms with Crippen molar-refractivity contribution in [1.82, 2.24) is 19.7 Å². The van der Waals surface area contributed by atoms with E-state index in [1.165, 1.54) is 6.33 Å². The molecule has 0 bridgehead atoms. The standard InChI is InChI=1S/C7H8N4O2S/c12-2-6-10-8-4-11(6)1-5-3-14-7(13)9-5/h3-4,12H,1-2H2,(H,9,13). The van der Waals surface area contributed by atoms with Crippen molar-refractivity contribution in [3.8, 4) is 0 Å². The maximum absolute atomic E-state index is 10.8. The van der Waals surface area contributed by atoms with E-state index in [1.807, 2.05) is 0 Å². The van der Waals surface area contributed by atoms with Gasteiger partial charge in [0, 0.05) is 11.1 Å². The van der Waals surface area contributed by atoms with Crippen molar-refractivity contribution in [2.45, 2.75) is 13.2 Å². The van der Waals surface area contributed by atoms with E-state index in [1.54, 1.807) is 9.95 Å². The normalized spacial score (nSPS) is 10.6. The second kappa shape index (κ2) is 3.72. The van der Waals surface area contributed by atoms with Gasteiger partial charge in [-0.25, -0.2) is 0 Å². The molecule has 0 amide bonds. The molecule has 0 aromatic carbocycles. The number of rotatable bonds is 3. The van der Waals surface area contributed by atoms with Gasteiger partial charge in [-0.3, -0.25) is 4.79 Å². The molecule has 0 aliphatic rings. The summed E-state index contributed by atoms with van der Waals surface area (Å²) in [7, 11) is 0. The highest BCUT2D eigenvalue weighted by molar-refractivity contribution is 7.07. The quantitative estimate of drug-likeness (QED) is 0.723. The number of aromatic nitrogens is 4. The van der Waals surface area contributed by atoms with E-state index in [9.17, 15) is 4.79 Å². The van der Waals surface area contributed by atoms with Crippen molar-refractivity contribution in [2.24, 2.45) is 0 Å². The molecule has 14 heavy (non-hydrogen) atoms. The van der Waals surface area contributed by atoms with E-state index >= 15 is 0 Å². The van der Waals surface area contributed by atoms with Gasteiger partial charge in [0.2, 0.25) is 0 Å². The highest BCUT2D eigenvalue weighted by atomic mass is 32.1. The van der Waals surface area contributed by atoms with Gasteiger partial charge in [0.15, 0.2) is 5.82 Å². The van der Waals surface area contributed by atoms with E-state index in [0.717, 1.165) is 17.0 Å². The number of nitrogens with one attached hydrogen (secondary N) is 1. The zero-order valence-electron chi connectivity index (χ0n) is 7.17. The first-order chi connectivity index (χ1) is 6.79. The Bertz CT molecular complexity index is 472. The molecule has 2 aromatic rings. The molecule has 0 radical (unpaired) electrons. The lowest BCUT2D eigenvalue weighted by molar-refractivity contribution is 0.265. The van der Waals surface area contributed by atoms with Crippen LogP contribution in [0.2, 0.25) is 0 Å². The van der Waals surface area contributed by atoms with E-state index in [0.29, 0.717) is 12.4 Å². The molecule has 0 saturated carbocycles. The molecule has 2 heterocycles. The smallest absolute Gasteiger partial charge is 0.304 e. The first-order valence-corrected chi connectivity index (χ1v) is 4.82. The minimum Gasteiger partial charge on any atom is -0.388 e. The van der Waals surface area contributed by atoms with E-state index in [2.05, 4.69) is 15.2 Å². The number of thiazole rings is 1. The van der Waals surface area contributed by atoms with Gasteiger partial charge in [0.25, 0.3) is 0 Å². The zero-order chi connectivity index (χ0) is 9.97. The van der Waals surface area contributed by atoms with Crippen molar-refractivity contribution < 1.29 is 5.11 Å². The third-order valence-electron chi connectivity index (χ3n) is 1.75. The molecule has 0 saturated heterocycles. The summed E-state index contributed by atoms with van der Waals surface area (Å²) in [6.45, 7) is 0.315. The third-order valence-corrected chi connectivity index (χ3v) is 2.47.